The first-order chi connectivity index (χ1) is 13.3. The van der Waals surface area contributed by atoms with Crippen molar-refractivity contribution in [1.29, 1.82) is 0 Å². The molecule has 0 atom stereocenters. The van der Waals surface area contributed by atoms with Gasteiger partial charge in [0.2, 0.25) is 15.9 Å². The van der Waals surface area contributed by atoms with Crippen LogP contribution >= 0.6 is 0 Å². The van der Waals surface area contributed by atoms with Crippen LogP contribution in [0, 0.1) is 11.6 Å². The first-order valence-corrected chi connectivity index (χ1v) is 10.2. The van der Waals surface area contributed by atoms with E-state index in [1.54, 1.807) is 24.1 Å². The van der Waals surface area contributed by atoms with Gasteiger partial charge in [-0.3, -0.25) is 4.79 Å². The van der Waals surface area contributed by atoms with E-state index in [2.05, 4.69) is 4.72 Å². The SMILES string of the molecule is COCCN1C(=O)CCc2cc(CNS(=O)(=O)c3ccc(F)cc3F)ccc21. The molecule has 2 aromatic carbocycles. The molecule has 1 amide bonds. The van der Waals surface area contributed by atoms with Crippen LogP contribution in [0.4, 0.5) is 14.5 Å². The Hall–Kier alpha value is -2.36. The molecule has 1 aliphatic rings. The van der Waals surface area contributed by atoms with Gasteiger partial charge in [0.25, 0.3) is 0 Å². The summed E-state index contributed by atoms with van der Waals surface area (Å²) in [5.74, 6) is -1.98. The van der Waals surface area contributed by atoms with Crippen molar-refractivity contribution in [2.45, 2.75) is 24.3 Å². The molecule has 0 radical (unpaired) electrons. The number of amides is 1. The predicted molar refractivity (Wildman–Crippen MR) is 99.4 cm³/mol. The third kappa shape index (κ3) is 4.37. The number of rotatable bonds is 7. The van der Waals surface area contributed by atoms with Gasteiger partial charge in [-0.15, -0.1) is 0 Å². The van der Waals surface area contributed by atoms with Crippen LogP contribution in [0.15, 0.2) is 41.3 Å². The van der Waals surface area contributed by atoms with Crippen LogP contribution < -0.4 is 9.62 Å². The lowest BCUT2D eigenvalue weighted by Gasteiger charge is -2.29. The van der Waals surface area contributed by atoms with Crippen LogP contribution in [0.2, 0.25) is 0 Å². The Morgan fingerprint density at radius 1 is 1.14 bits per heavy atom. The number of ether oxygens (including phenoxy) is 1. The normalized spacial score (nSPS) is 14.2. The van der Waals surface area contributed by atoms with Crippen molar-refractivity contribution in [2.24, 2.45) is 0 Å². The molecule has 0 fully saturated rings. The van der Waals surface area contributed by atoms with Gasteiger partial charge in [0, 0.05) is 38.4 Å². The summed E-state index contributed by atoms with van der Waals surface area (Å²) < 4.78 is 58.7. The van der Waals surface area contributed by atoms with Gasteiger partial charge in [-0.05, 0) is 35.7 Å². The molecule has 3 rings (SSSR count). The number of hydrogen-bond donors (Lipinski definition) is 1. The Morgan fingerprint density at radius 2 is 1.93 bits per heavy atom. The van der Waals surface area contributed by atoms with Gasteiger partial charge in [0.15, 0.2) is 0 Å². The quantitative estimate of drug-likeness (QED) is 0.761. The lowest BCUT2D eigenvalue weighted by atomic mass is 9.99. The molecule has 1 aliphatic heterocycles. The van der Waals surface area contributed by atoms with E-state index in [1.807, 2.05) is 6.07 Å². The number of benzene rings is 2. The molecule has 0 saturated heterocycles. The van der Waals surface area contributed by atoms with E-state index in [-0.39, 0.29) is 12.5 Å². The summed E-state index contributed by atoms with van der Waals surface area (Å²) in [5, 5.41) is 0. The maximum atomic E-state index is 13.8. The second-order valence-electron chi connectivity index (χ2n) is 6.40. The van der Waals surface area contributed by atoms with Gasteiger partial charge in [-0.25, -0.2) is 21.9 Å². The summed E-state index contributed by atoms with van der Waals surface area (Å²) in [6.45, 7) is 0.798. The van der Waals surface area contributed by atoms with Crippen LogP contribution in [0.3, 0.4) is 0 Å². The second-order valence-corrected chi connectivity index (χ2v) is 8.14. The van der Waals surface area contributed by atoms with Gasteiger partial charge in [0.05, 0.1) is 6.61 Å². The minimum Gasteiger partial charge on any atom is -0.383 e. The van der Waals surface area contributed by atoms with Crippen molar-refractivity contribution in [3.05, 3.63) is 59.2 Å². The molecule has 0 spiro atoms. The fourth-order valence-corrected chi connectivity index (χ4v) is 4.18. The zero-order chi connectivity index (χ0) is 20.3. The molecule has 0 unspecified atom stereocenters. The van der Waals surface area contributed by atoms with Crippen LogP contribution in [0.1, 0.15) is 17.5 Å². The third-order valence-corrected chi connectivity index (χ3v) is 5.95. The zero-order valence-corrected chi connectivity index (χ0v) is 16.1. The summed E-state index contributed by atoms with van der Waals surface area (Å²) in [5.41, 5.74) is 2.38. The number of hydrogen-bond acceptors (Lipinski definition) is 4. The predicted octanol–water partition coefficient (Wildman–Crippen LogP) is 2.37. The highest BCUT2D eigenvalue weighted by Gasteiger charge is 2.24. The minimum atomic E-state index is -4.13. The Balaban J connectivity index is 1.76. The van der Waals surface area contributed by atoms with Crippen molar-refractivity contribution in [3.63, 3.8) is 0 Å². The summed E-state index contributed by atoms with van der Waals surface area (Å²) in [6, 6.07) is 7.61. The highest BCUT2D eigenvalue weighted by atomic mass is 32.2. The largest absolute Gasteiger partial charge is 0.383 e. The summed E-state index contributed by atoms with van der Waals surface area (Å²) in [6.07, 6.45) is 0.928. The Labute approximate surface area is 162 Å². The van der Waals surface area contributed by atoms with Crippen molar-refractivity contribution < 1.29 is 26.7 Å². The molecule has 0 bridgehead atoms. The molecule has 6 nitrogen and oxygen atoms in total. The van der Waals surface area contributed by atoms with Crippen LogP contribution in [-0.2, 0) is 32.5 Å². The fourth-order valence-electron chi connectivity index (χ4n) is 3.10. The van der Waals surface area contributed by atoms with E-state index >= 15 is 0 Å². The van der Waals surface area contributed by atoms with E-state index in [4.69, 9.17) is 4.74 Å². The van der Waals surface area contributed by atoms with Gasteiger partial charge < -0.3 is 9.64 Å². The lowest BCUT2D eigenvalue weighted by molar-refractivity contribution is -0.119. The highest BCUT2D eigenvalue weighted by Crippen LogP contribution is 2.29. The third-order valence-electron chi connectivity index (χ3n) is 4.51. The van der Waals surface area contributed by atoms with Gasteiger partial charge >= 0.3 is 0 Å². The summed E-state index contributed by atoms with van der Waals surface area (Å²) in [7, 11) is -2.57. The van der Waals surface area contributed by atoms with E-state index < -0.39 is 26.6 Å². The Bertz CT molecular complexity index is 995. The first-order valence-electron chi connectivity index (χ1n) is 8.67. The molecule has 1 N–H and O–H groups in total. The van der Waals surface area contributed by atoms with Crippen LogP contribution in [0.25, 0.3) is 0 Å². The van der Waals surface area contributed by atoms with E-state index in [1.165, 1.54) is 0 Å². The smallest absolute Gasteiger partial charge is 0.243 e. The molecule has 0 aliphatic carbocycles. The van der Waals surface area contributed by atoms with Crippen molar-refractivity contribution in [1.82, 2.24) is 4.72 Å². The van der Waals surface area contributed by atoms with E-state index in [9.17, 15) is 22.0 Å². The number of aryl methyl sites for hydroxylation is 1. The first kappa shape index (κ1) is 20.4. The number of carbonyl (C=O) groups is 1. The molecule has 1 heterocycles. The highest BCUT2D eigenvalue weighted by molar-refractivity contribution is 7.89. The number of carbonyl (C=O) groups excluding carboxylic acids is 1. The molecular formula is C19H20F2N2O4S. The van der Waals surface area contributed by atoms with Crippen molar-refractivity contribution in [2.75, 3.05) is 25.2 Å². The van der Waals surface area contributed by atoms with Gasteiger partial charge in [-0.1, -0.05) is 12.1 Å². The number of fused-ring (bicyclic) bond motifs is 1. The number of halogens is 2. The van der Waals surface area contributed by atoms with Crippen LogP contribution in [-0.4, -0.2) is 34.6 Å². The fraction of sp³-hybridized carbons (Fsp3) is 0.316. The number of nitrogens with one attached hydrogen (secondary N) is 1. The molecule has 150 valence electrons. The summed E-state index contributed by atoms with van der Waals surface area (Å²) in [4.78, 5) is 13.2. The van der Waals surface area contributed by atoms with Crippen LogP contribution in [0.5, 0.6) is 0 Å². The molecular weight excluding hydrogens is 390 g/mol. The molecule has 2 aromatic rings. The standard InChI is InChI=1S/C19H20F2N2O4S/c1-27-9-8-23-17-5-2-13(10-14(17)3-7-19(23)24)12-22-28(25,26)18-6-4-15(20)11-16(18)21/h2,4-6,10-11,22H,3,7-9,12H2,1H3. The number of sulfonamides is 1. The van der Waals surface area contributed by atoms with Gasteiger partial charge in [-0.2, -0.15) is 0 Å². The average molecular weight is 410 g/mol. The van der Waals surface area contributed by atoms with Crippen molar-refractivity contribution in [3.8, 4) is 0 Å². The lowest BCUT2D eigenvalue weighted by Crippen LogP contribution is -2.37. The topological polar surface area (TPSA) is 75.7 Å². The molecule has 9 heteroatoms. The van der Waals surface area contributed by atoms with Crippen molar-refractivity contribution >= 4 is 21.6 Å². The number of methoxy groups -OCH3 is 1. The maximum absolute atomic E-state index is 13.8. The van der Waals surface area contributed by atoms with Gasteiger partial charge in [0.1, 0.15) is 16.5 Å². The second kappa shape index (κ2) is 8.34. The Kier molecular flexibility index (Phi) is 6.07. The maximum Gasteiger partial charge on any atom is 0.243 e. The van der Waals surface area contributed by atoms with E-state index in [0.717, 1.165) is 23.4 Å². The average Bonchev–Trinajstić information content (AvgIpc) is 2.65. The zero-order valence-electron chi connectivity index (χ0n) is 15.2. The number of anilines is 1. The minimum absolute atomic E-state index is 0.0183. The number of nitrogens with zero attached hydrogens (tertiary/aromatic N) is 1. The molecule has 0 aromatic heterocycles. The molecule has 0 saturated carbocycles. The summed E-state index contributed by atoms with van der Waals surface area (Å²) >= 11 is 0. The Morgan fingerprint density at radius 3 is 2.64 bits per heavy atom. The molecule has 28 heavy (non-hydrogen) atoms. The monoisotopic (exact) mass is 410 g/mol. The van der Waals surface area contributed by atoms with E-state index in [0.29, 0.717) is 37.6 Å².